The van der Waals surface area contributed by atoms with Crippen molar-refractivity contribution in [3.63, 3.8) is 0 Å². The minimum atomic E-state index is -1.35. The summed E-state index contributed by atoms with van der Waals surface area (Å²) in [5, 5.41) is 2.47. The van der Waals surface area contributed by atoms with Crippen molar-refractivity contribution in [2.24, 2.45) is 5.41 Å². The number of para-hydroxylation sites is 1. The second kappa shape index (κ2) is 7.05. The second-order valence-corrected chi connectivity index (χ2v) is 8.81. The van der Waals surface area contributed by atoms with Gasteiger partial charge in [0, 0.05) is 23.7 Å². The number of carbonyl (C=O) groups is 3. The molecular weight excluding hydrogens is 402 g/mol. The number of barbiturate groups is 1. The number of ether oxygens (including phenoxy) is 1. The van der Waals surface area contributed by atoms with Gasteiger partial charge in [-0.1, -0.05) is 18.2 Å². The van der Waals surface area contributed by atoms with Gasteiger partial charge in [0.25, 0.3) is 5.91 Å². The summed E-state index contributed by atoms with van der Waals surface area (Å²) >= 11 is 1.74. The van der Waals surface area contributed by atoms with Crippen LogP contribution in [-0.4, -0.2) is 49.0 Å². The Morgan fingerprint density at radius 2 is 1.87 bits per heavy atom. The van der Waals surface area contributed by atoms with Gasteiger partial charge in [-0.3, -0.25) is 14.9 Å². The first kappa shape index (κ1) is 19.0. The Morgan fingerprint density at radius 3 is 2.63 bits per heavy atom. The van der Waals surface area contributed by atoms with Crippen molar-refractivity contribution in [1.82, 2.24) is 5.32 Å². The van der Waals surface area contributed by atoms with Crippen LogP contribution >= 0.6 is 11.8 Å². The van der Waals surface area contributed by atoms with Gasteiger partial charge in [-0.2, -0.15) is 11.8 Å². The smallest absolute Gasteiger partial charge is 0.335 e. The van der Waals surface area contributed by atoms with Crippen molar-refractivity contribution >= 4 is 41.0 Å². The molecule has 5 rings (SSSR count). The molecule has 0 saturated carbocycles. The van der Waals surface area contributed by atoms with E-state index in [1.807, 2.05) is 24.3 Å². The molecule has 7 nitrogen and oxygen atoms in total. The SMILES string of the molecule is COc1ccc(N2C(=O)NC(=O)C3(Cc4ccccc4N4CCSCC43)C2=O)cc1. The summed E-state index contributed by atoms with van der Waals surface area (Å²) in [6.45, 7) is 0.755. The summed E-state index contributed by atoms with van der Waals surface area (Å²) in [5.74, 6) is 1.23. The topological polar surface area (TPSA) is 79.0 Å². The van der Waals surface area contributed by atoms with Gasteiger partial charge in [0.2, 0.25) is 5.91 Å². The summed E-state index contributed by atoms with van der Waals surface area (Å²) < 4.78 is 5.18. The maximum absolute atomic E-state index is 13.9. The molecule has 3 aliphatic rings. The van der Waals surface area contributed by atoms with E-state index in [1.165, 1.54) is 0 Å². The minimum absolute atomic E-state index is 0.273. The molecule has 3 heterocycles. The number of carbonyl (C=O) groups excluding carboxylic acids is 3. The van der Waals surface area contributed by atoms with E-state index in [2.05, 4.69) is 10.2 Å². The maximum atomic E-state index is 13.9. The number of rotatable bonds is 2. The van der Waals surface area contributed by atoms with Crippen molar-refractivity contribution in [3.05, 3.63) is 54.1 Å². The predicted molar refractivity (Wildman–Crippen MR) is 115 cm³/mol. The quantitative estimate of drug-likeness (QED) is 0.748. The lowest BCUT2D eigenvalue weighted by atomic mass is 9.69. The summed E-state index contributed by atoms with van der Waals surface area (Å²) in [5.41, 5.74) is 1.09. The van der Waals surface area contributed by atoms with Gasteiger partial charge >= 0.3 is 6.03 Å². The van der Waals surface area contributed by atoms with E-state index < -0.39 is 23.3 Å². The average Bonchev–Trinajstić information content (AvgIpc) is 2.78. The number of hydrogen-bond acceptors (Lipinski definition) is 6. The number of hydrogen-bond donors (Lipinski definition) is 1. The number of nitrogens with one attached hydrogen (secondary N) is 1. The zero-order chi connectivity index (χ0) is 20.9. The highest BCUT2D eigenvalue weighted by Gasteiger charge is 2.62. The van der Waals surface area contributed by atoms with Gasteiger partial charge in [-0.25, -0.2) is 9.69 Å². The largest absolute Gasteiger partial charge is 0.497 e. The summed E-state index contributed by atoms with van der Waals surface area (Å²) in [6.07, 6.45) is 0.273. The van der Waals surface area contributed by atoms with Crippen molar-refractivity contribution in [3.8, 4) is 5.75 Å². The standard InChI is InChI=1S/C22H21N3O4S/c1-29-16-8-6-15(7-9-16)25-20(27)22(19(26)23-21(25)28)12-14-4-2-3-5-17(14)24-10-11-30-13-18(22)24/h2-9,18H,10-13H2,1H3,(H,23,26,28). The van der Waals surface area contributed by atoms with Crippen LogP contribution in [0.4, 0.5) is 16.2 Å². The molecule has 0 aliphatic carbocycles. The van der Waals surface area contributed by atoms with Crippen LogP contribution in [0.2, 0.25) is 0 Å². The molecule has 2 aromatic rings. The van der Waals surface area contributed by atoms with Crippen LogP contribution in [0.15, 0.2) is 48.5 Å². The highest BCUT2D eigenvalue weighted by Crippen LogP contribution is 2.47. The number of methoxy groups -OCH3 is 1. The maximum Gasteiger partial charge on any atom is 0.335 e. The molecule has 0 aromatic heterocycles. The molecule has 30 heavy (non-hydrogen) atoms. The normalized spacial score (nSPS) is 25.6. The van der Waals surface area contributed by atoms with E-state index in [1.54, 1.807) is 43.1 Å². The molecule has 2 unspecified atom stereocenters. The summed E-state index contributed by atoms with van der Waals surface area (Å²) in [7, 11) is 1.55. The van der Waals surface area contributed by atoms with E-state index in [-0.39, 0.29) is 12.5 Å². The lowest BCUT2D eigenvalue weighted by molar-refractivity contribution is -0.144. The van der Waals surface area contributed by atoms with Gasteiger partial charge in [0.15, 0.2) is 5.41 Å². The Kier molecular flexibility index (Phi) is 4.47. The second-order valence-electron chi connectivity index (χ2n) is 7.66. The molecule has 8 heteroatoms. The molecule has 0 radical (unpaired) electrons. The molecule has 2 saturated heterocycles. The number of thioether (sulfide) groups is 1. The predicted octanol–water partition coefficient (Wildman–Crippen LogP) is 2.44. The number of nitrogens with zero attached hydrogens (tertiary/aromatic N) is 2. The summed E-state index contributed by atoms with van der Waals surface area (Å²) in [4.78, 5) is 43.2. The number of fused-ring (bicyclic) bond motifs is 4. The number of anilines is 2. The Bertz CT molecular complexity index is 1040. The van der Waals surface area contributed by atoms with Crippen LogP contribution < -0.4 is 19.9 Å². The van der Waals surface area contributed by atoms with Crippen LogP contribution in [0.1, 0.15) is 5.56 Å². The number of benzene rings is 2. The fourth-order valence-corrected chi connectivity index (χ4v) is 5.91. The molecule has 2 aromatic carbocycles. The molecule has 1 spiro atoms. The summed E-state index contributed by atoms with van der Waals surface area (Å²) in [6, 6.07) is 13.6. The van der Waals surface area contributed by atoms with E-state index in [4.69, 9.17) is 4.74 Å². The van der Waals surface area contributed by atoms with Crippen LogP contribution in [0.5, 0.6) is 5.75 Å². The lowest BCUT2D eigenvalue weighted by Gasteiger charge is -2.53. The first-order chi connectivity index (χ1) is 14.6. The van der Waals surface area contributed by atoms with Gasteiger partial charge in [-0.15, -0.1) is 0 Å². The van der Waals surface area contributed by atoms with Crippen molar-refractivity contribution in [1.29, 1.82) is 0 Å². The van der Waals surface area contributed by atoms with Crippen molar-refractivity contribution < 1.29 is 19.1 Å². The van der Waals surface area contributed by atoms with Crippen LogP contribution in [0, 0.1) is 5.41 Å². The first-order valence-corrected chi connectivity index (χ1v) is 11.0. The van der Waals surface area contributed by atoms with E-state index in [9.17, 15) is 14.4 Å². The van der Waals surface area contributed by atoms with Gasteiger partial charge < -0.3 is 9.64 Å². The molecule has 154 valence electrons. The first-order valence-electron chi connectivity index (χ1n) is 9.82. The molecule has 1 N–H and O–H groups in total. The number of imide groups is 2. The Hall–Kier alpha value is -3.00. The van der Waals surface area contributed by atoms with Gasteiger partial charge in [-0.05, 0) is 42.3 Å². The lowest BCUT2D eigenvalue weighted by Crippen LogP contribution is -2.73. The van der Waals surface area contributed by atoms with E-state index in [0.29, 0.717) is 17.2 Å². The fraction of sp³-hybridized carbons (Fsp3) is 0.318. The molecule has 2 atom stereocenters. The third kappa shape index (κ3) is 2.63. The Morgan fingerprint density at radius 1 is 1.10 bits per heavy atom. The molecular formula is C22H21N3O4S. The zero-order valence-electron chi connectivity index (χ0n) is 16.5. The van der Waals surface area contributed by atoms with Crippen molar-refractivity contribution in [2.75, 3.05) is 35.0 Å². The van der Waals surface area contributed by atoms with E-state index in [0.717, 1.165) is 28.4 Å². The van der Waals surface area contributed by atoms with E-state index >= 15 is 0 Å². The highest BCUT2D eigenvalue weighted by molar-refractivity contribution is 7.99. The molecule has 3 aliphatic heterocycles. The van der Waals surface area contributed by atoms with Crippen LogP contribution in [-0.2, 0) is 16.0 Å². The Balaban J connectivity index is 1.63. The highest BCUT2D eigenvalue weighted by atomic mass is 32.2. The van der Waals surface area contributed by atoms with Gasteiger partial charge in [0.05, 0.1) is 18.8 Å². The average molecular weight is 423 g/mol. The van der Waals surface area contributed by atoms with Crippen LogP contribution in [0.3, 0.4) is 0 Å². The molecule has 4 amide bonds. The monoisotopic (exact) mass is 423 g/mol. The Labute approximate surface area is 178 Å². The third-order valence-electron chi connectivity index (χ3n) is 6.21. The number of urea groups is 1. The molecule has 2 fully saturated rings. The fourth-order valence-electron chi connectivity index (χ4n) is 4.73. The molecule has 0 bridgehead atoms. The third-order valence-corrected chi connectivity index (χ3v) is 7.23. The van der Waals surface area contributed by atoms with Crippen LogP contribution in [0.25, 0.3) is 0 Å². The zero-order valence-corrected chi connectivity index (χ0v) is 17.3. The van der Waals surface area contributed by atoms with Gasteiger partial charge in [0.1, 0.15) is 5.75 Å². The van der Waals surface area contributed by atoms with Crippen molar-refractivity contribution in [2.45, 2.75) is 12.5 Å². The number of amides is 4. The minimum Gasteiger partial charge on any atom is -0.497 e.